The molecule has 6 atom stereocenters. The average Bonchev–Trinajstić information content (AvgIpc) is 2.82. The number of aliphatic hydroxyl groups is 1. The molecule has 0 radical (unpaired) electrons. The maximum absolute atomic E-state index is 13.9. The van der Waals surface area contributed by atoms with E-state index in [9.17, 15) is 39.0 Å². The van der Waals surface area contributed by atoms with Crippen molar-refractivity contribution in [1.82, 2.24) is 0 Å². The number of hydrogen-bond acceptors (Lipinski definition) is 10. The number of esters is 1. The van der Waals surface area contributed by atoms with Crippen LogP contribution in [0.2, 0.25) is 0 Å². The topological polar surface area (TPSA) is 190 Å². The zero-order valence-electron chi connectivity index (χ0n) is 21.7. The van der Waals surface area contributed by atoms with Gasteiger partial charge in [0.2, 0.25) is 5.91 Å². The second kappa shape index (κ2) is 9.61. The Morgan fingerprint density at radius 1 is 1.16 bits per heavy atom. The van der Waals surface area contributed by atoms with Gasteiger partial charge in [0, 0.05) is 12.3 Å². The number of rotatable bonds is 6. The van der Waals surface area contributed by atoms with Gasteiger partial charge in [0.25, 0.3) is 0 Å². The van der Waals surface area contributed by atoms with Gasteiger partial charge >= 0.3 is 5.97 Å². The molecule has 204 valence electrons. The lowest BCUT2D eigenvalue weighted by Gasteiger charge is -2.48. The third-order valence-electron chi connectivity index (χ3n) is 8.07. The predicted octanol–water partition coefficient (Wildman–Crippen LogP) is 0.814. The number of amides is 1. The number of hydrogen-bond donors (Lipinski definition) is 4. The number of nitrogens with one attached hydrogen (secondary N) is 1. The van der Waals surface area contributed by atoms with Crippen molar-refractivity contribution < 1.29 is 43.7 Å². The summed E-state index contributed by atoms with van der Waals surface area (Å²) < 4.78 is 5.01. The van der Waals surface area contributed by atoms with Crippen molar-refractivity contribution in [3.63, 3.8) is 0 Å². The molecule has 1 aromatic carbocycles. The van der Waals surface area contributed by atoms with E-state index in [-0.39, 0.29) is 43.0 Å². The van der Waals surface area contributed by atoms with Gasteiger partial charge in [0.05, 0.1) is 23.8 Å². The first-order valence-corrected chi connectivity index (χ1v) is 12.7. The first kappa shape index (κ1) is 27.4. The van der Waals surface area contributed by atoms with E-state index in [0.29, 0.717) is 5.56 Å². The summed E-state index contributed by atoms with van der Waals surface area (Å²) in [7, 11) is 0. The maximum Gasteiger partial charge on any atom is 0.328 e. The minimum absolute atomic E-state index is 0.0270. The summed E-state index contributed by atoms with van der Waals surface area (Å²) in [5.41, 5.74) is 3.77. The number of phenolic OH excluding ortho intramolecular Hbond substituents is 1. The summed E-state index contributed by atoms with van der Waals surface area (Å²) >= 11 is 0. The summed E-state index contributed by atoms with van der Waals surface area (Å²) in [6, 6.07) is 0.806. The van der Waals surface area contributed by atoms with Gasteiger partial charge < -0.3 is 26.0 Å². The van der Waals surface area contributed by atoms with Gasteiger partial charge in [-0.2, -0.15) is 0 Å². The van der Waals surface area contributed by atoms with Crippen molar-refractivity contribution in [3.8, 4) is 5.75 Å². The van der Waals surface area contributed by atoms with Crippen LogP contribution in [0.5, 0.6) is 5.75 Å². The lowest BCUT2D eigenvalue weighted by molar-refractivity contribution is -0.175. The van der Waals surface area contributed by atoms with Crippen molar-refractivity contribution in [3.05, 3.63) is 22.8 Å². The molecule has 0 heterocycles. The number of primary amides is 1. The van der Waals surface area contributed by atoms with Crippen LogP contribution < -0.4 is 11.1 Å². The summed E-state index contributed by atoms with van der Waals surface area (Å²) in [5.74, 6) is -11.4. The molecular formula is C27H32N2O9. The van der Waals surface area contributed by atoms with Gasteiger partial charge in [0.15, 0.2) is 34.7 Å². The third kappa shape index (κ3) is 4.00. The Bertz CT molecular complexity index is 1270. The van der Waals surface area contributed by atoms with Crippen LogP contribution >= 0.6 is 0 Å². The minimum Gasteiger partial charge on any atom is -0.505 e. The highest BCUT2D eigenvalue weighted by molar-refractivity contribution is 6.31. The standard InChI is InChI=1S/C27H32N2O9/c1-5-38-26(36)11(4)29-16-9-14(10(2)3)15-7-12-6-13-8-17(30)20(25(28)35)24(34)27(13,37)23(33)18(12)22(32)19(15)21(16)31/h9-13,18,20,29,31,37H,5-8H2,1-4H3,(H2,28,35)/t11?,12-,13+,18?,20?,27+/m1/s1. The van der Waals surface area contributed by atoms with Crippen molar-refractivity contribution in [2.45, 2.75) is 64.5 Å². The molecule has 5 N–H and O–H groups in total. The van der Waals surface area contributed by atoms with Crippen LogP contribution in [0.15, 0.2) is 6.07 Å². The van der Waals surface area contributed by atoms with Crippen LogP contribution in [0.3, 0.4) is 0 Å². The molecule has 4 rings (SSSR count). The fraction of sp³-hybridized carbons (Fsp3) is 0.556. The highest BCUT2D eigenvalue weighted by Gasteiger charge is 2.66. The van der Waals surface area contributed by atoms with E-state index >= 15 is 0 Å². The monoisotopic (exact) mass is 528 g/mol. The minimum atomic E-state index is -2.70. The Morgan fingerprint density at radius 3 is 2.39 bits per heavy atom. The van der Waals surface area contributed by atoms with Crippen molar-refractivity contribution >= 4 is 40.7 Å². The van der Waals surface area contributed by atoms with Crippen LogP contribution in [0.25, 0.3) is 0 Å². The summed E-state index contributed by atoms with van der Waals surface area (Å²) in [4.78, 5) is 77.0. The zero-order chi connectivity index (χ0) is 28.3. The Balaban J connectivity index is 1.80. The number of ketones is 4. The number of nitrogens with two attached hydrogens (primary N) is 1. The number of anilines is 1. The van der Waals surface area contributed by atoms with E-state index in [0.717, 1.165) is 5.56 Å². The Morgan fingerprint density at radius 2 is 1.82 bits per heavy atom. The molecule has 11 nitrogen and oxygen atoms in total. The van der Waals surface area contributed by atoms with Crippen molar-refractivity contribution in [1.29, 1.82) is 0 Å². The van der Waals surface area contributed by atoms with Crippen LogP contribution in [0, 0.1) is 23.7 Å². The number of aromatic hydroxyl groups is 1. The van der Waals surface area contributed by atoms with Gasteiger partial charge in [-0.1, -0.05) is 13.8 Å². The van der Waals surface area contributed by atoms with Crippen molar-refractivity contribution in [2.24, 2.45) is 29.4 Å². The number of phenols is 1. The summed E-state index contributed by atoms with van der Waals surface area (Å²) in [5, 5.41) is 25.4. The fourth-order valence-electron chi connectivity index (χ4n) is 6.25. The van der Waals surface area contributed by atoms with Gasteiger partial charge in [-0.05, 0) is 55.7 Å². The summed E-state index contributed by atoms with van der Waals surface area (Å²) in [6.45, 7) is 7.15. The third-order valence-corrected chi connectivity index (χ3v) is 8.07. The number of benzene rings is 1. The van der Waals surface area contributed by atoms with E-state index in [1.165, 1.54) is 6.92 Å². The lowest BCUT2D eigenvalue weighted by Crippen LogP contribution is -2.68. The fourth-order valence-corrected chi connectivity index (χ4v) is 6.25. The molecule has 2 fully saturated rings. The number of Topliss-reactive ketones (excluding diaryl/α,β-unsaturated/α-hetero) is 4. The second-order valence-electron chi connectivity index (χ2n) is 10.7. The molecule has 3 aliphatic carbocycles. The average molecular weight is 529 g/mol. The Labute approximate surface area is 219 Å². The molecule has 0 saturated heterocycles. The molecule has 0 bridgehead atoms. The highest BCUT2D eigenvalue weighted by Crippen LogP contribution is 2.51. The zero-order valence-corrected chi connectivity index (χ0v) is 21.7. The predicted molar refractivity (Wildman–Crippen MR) is 132 cm³/mol. The Hall–Kier alpha value is -3.60. The molecule has 3 unspecified atom stereocenters. The second-order valence-corrected chi connectivity index (χ2v) is 10.7. The number of fused-ring (bicyclic) bond motifs is 3. The smallest absolute Gasteiger partial charge is 0.328 e. The van der Waals surface area contributed by atoms with Gasteiger partial charge in [-0.3, -0.25) is 24.0 Å². The molecule has 3 aliphatic rings. The molecular weight excluding hydrogens is 496 g/mol. The quantitative estimate of drug-likeness (QED) is 0.233. The van der Waals surface area contributed by atoms with E-state index < -0.39 is 76.1 Å². The maximum atomic E-state index is 13.9. The largest absolute Gasteiger partial charge is 0.505 e. The van der Waals surface area contributed by atoms with Gasteiger partial charge in [0.1, 0.15) is 11.8 Å². The van der Waals surface area contributed by atoms with E-state index in [1.807, 2.05) is 13.8 Å². The number of ether oxygens (including phenoxy) is 1. The van der Waals surface area contributed by atoms with E-state index in [2.05, 4.69) is 5.32 Å². The number of carbonyl (C=O) groups excluding carboxylic acids is 6. The molecule has 1 aromatic rings. The molecule has 11 heteroatoms. The van der Waals surface area contributed by atoms with E-state index in [1.54, 1.807) is 13.0 Å². The Kier molecular flexibility index (Phi) is 6.94. The van der Waals surface area contributed by atoms with Crippen LogP contribution in [0.4, 0.5) is 5.69 Å². The molecule has 0 aliphatic heterocycles. The van der Waals surface area contributed by atoms with Gasteiger partial charge in [-0.15, -0.1) is 0 Å². The summed E-state index contributed by atoms with van der Waals surface area (Å²) in [6.07, 6.45) is -0.164. The van der Waals surface area contributed by atoms with Crippen LogP contribution in [0.1, 0.15) is 67.9 Å². The molecule has 38 heavy (non-hydrogen) atoms. The van der Waals surface area contributed by atoms with E-state index in [4.69, 9.17) is 10.5 Å². The lowest BCUT2D eigenvalue weighted by atomic mass is 9.53. The van der Waals surface area contributed by atoms with Crippen LogP contribution in [-0.4, -0.2) is 63.5 Å². The van der Waals surface area contributed by atoms with Crippen LogP contribution in [-0.2, 0) is 35.1 Å². The molecule has 0 aromatic heterocycles. The molecule has 2 saturated carbocycles. The normalized spacial score (nSPS) is 29.3. The first-order chi connectivity index (χ1) is 17.7. The highest BCUT2D eigenvalue weighted by atomic mass is 16.5. The number of carbonyl (C=O) groups is 6. The van der Waals surface area contributed by atoms with Gasteiger partial charge in [-0.25, -0.2) is 4.79 Å². The molecule has 1 amide bonds. The first-order valence-electron chi connectivity index (χ1n) is 12.7. The van der Waals surface area contributed by atoms with Crippen molar-refractivity contribution in [2.75, 3.05) is 11.9 Å². The molecule has 0 spiro atoms. The SMILES string of the molecule is CCOC(=O)C(C)Nc1cc(C(C)C)c2c(c1O)C(=O)C1C(=O)[C@]3(O)C(=O)C(C(N)=O)C(=O)C[C@@H]3C[C@@H]1C2.